The molecular formula is C14H14N2O5. The molecule has 1 saturated heterocycles. The van der Waals surface area contributed by atoms with Crippen LogP contribution < -0.4 is 10.6 Å². The van der Waals surface area contributed by atoms with Crippen molar-refractivity contribution in [3.63, 3.8) is 0 Å². The Labute approximate surface area is 120 Å². The van der Waals surface area contributed by atoms with Gasteiger partial charge in [0.1, 0.15) is 6.61 Å². The van der Waals surface area contributed by atoms with Crippen LogP contribution in [0.4, 0.5) is 4.79 Å². The van der Waals surface area contributed by atoms with Gasteiger partial charge in [-0.2, -0.15) is 0 Å². The van der Waals surface area contributed by atoms with Crippen LogP contribution in [-0.2, 0) is 20.9 Å². The van der Waals surface area contributed by atoms with Crippen LogP contribution in [0.3, 0.4) is 0 Å². The lowest BCUT2D eigenvalue weighted by atomic mass is 10.2. The maximum absolute atomic E-state index is 11.7. The molecule has 0 spiro atoms. The van der Waals surface area contributed by atoms with Gasteiger partial charge in [0.25, 0.3) is 0 Å². The first kappa shape index (κ1) is 14.6. The third kappa shape index (κ3) is 4.34. The first-order chi connectivity index (χ1) is 10.0. The van der Waals surface area contributed by atoms with E-state index in [-0.39, 0.29) is 24.6 Å². The summed E-state index contributed by atoms with van der Waals surface area (Å²) in [5.74, 6) is -1.55. The second kappa shape index (κ2) is 6.56. The molecule has 21 heavy (non-hydrogen) atoms. The molecule has 7 heteroatoms. The SMILES string of the molecule is O=C(O)C=C1NC(=O)CC1NC(=O)OCc1ccccc1. The Kier molecular flexibility index (Phi) is 4.55. The van der Waals surface area contributed by atoms with Gasteiger partial charge in [0, 0.05) is 11.8 Å². The number of alkyl carbamates (subject to hydrolysis) is 1. The number of hydrogen-bond donors (Lipinski definition) is 3. The Hall–Kier alpha value is -2.83. The molecular weight excluding hydrogens is 276 g/mol. The second-order valence-electron chi connectivity index (χ2n) is 4.45. The summed E-state index contributed by atoms with van der Waals surface area (Å²) >= 11 is 0. The molecule has 2 rings (SSSR count). The highest BCUT2D eigenvalue weighted by Gasteiger charge is 2.29. The van der Waals surface area contributed by atoms with E-state index in [0.29, 0.717) is 0 Å². The molecule has 0 bridgehead atoms. The minimum absolute atomic E-state index is 0.0143. The van der Waals surface area contributed by atoms with Crippen molar-refractivity contribution in [1.82, 2.24) is 10.6 Å². The van der Waals surface area contributed by atoms with Gasteiger partial charge in [-0.3, -0.25) is 4.79 Å². The topological polar surface area (TPSA) is 105 Å². The van der Waals surface area contributed by atoms with Gasteiger partial charge in [0.05, 0.1) is 12.5 Å². The highest BCUT2D eigenvalue weighted by molar-refractivity contribution is 5.88. The quantitative estimate of drug-likeness (QED) is 0.710. The predicted octanol–water partition coefficient (Wildman–Crippen LogP) is 0.770. The smallest absolute Gasteiger partial charge is 0.408 e. The standard InChI is InChI=1S/C14H14N2O5/c17-12-6-10(11(15-12)7-13(18)19)16-14(20)21-8-9-4-2-1-3-5-9/h1-5,7,10H,6,8H2,(H,15,17)(H,16,20)(H,18,19). The van der Waals surface area contributed by atoms with E-state index in [4.69, 9.17) is 9.84 Å². The highest BCUT2D eigenvalue weighted by Crippen LogP contribution is 2.12. The van der Waals surface area contributed by atoms with Crippen molar-refractivity contribution in [3.05, 3.63) is 47.7 Å². The normalized spacial score (nSPS) is 19.1. The van der Waals surface area contributed by atoms with E-state index in [2.05, 4.69) is 10.6 Å². The fraction of sp³-hybridized carbons (Fsp3) is 0.214. The number of carbonyl (C=O) groups is 3. The van der Waals surface area contributed by atoms with Crippen molar-refractivity contribution in [2.75, 3.05) is 0 Å². The molecule has 0 radical (unpaired) electrons. The molecule has 1 atom stereocenters. The molecule has 1 unspecified atom stereocenters. The van der Waals surface area contributed by atoms with Crippen LogP contribution in [-0.4, -0.2) is 29.1 Å². The molecule has 2 amide bonds. The first-order valence-electron chi connectivity index (χ1n) is 6.26. The Morgan fingerprint density at radius 1 is 1.38 bits per heavy atom. The third-order valence-corrected chi connectivity index (χ3v) is 2.83. The van der Waals surface area contributed by atoms with Gasteiger partial charge in [-0.1, -0.05) is 30.3 Å². The lowest BCUT2D eigenvalue weighted by molar-refractivity contribution is -0.131. The molecule has 1 aromatic carbocycles. The fourth-order valence-corrected chi connectivity index (χ4v) is 1.90. The van der Waals surface area contributed by atoms with Gasteiger partial charge in [-0.25, -0.2) is 9.59 Å². The lowest BCUT2D eigenvalue weighted by Gasteiger charge is -2.13. The van der Waals surface area contributed by atoms with Crippen LogP contribution in [0, 0.1) is 0 Å². The molecule has 0 saturated carbocycles. The van der Waals surface area contributed by atoms with E-state index in [1.54, 1.807) is 0 Å². The zero-order valence-corrected chi connectivity index (χ0v) is 11.0. The third-order valence-electron chi connectivity index (χ3n) is 2.83. The fourth-order valence-electron chi connectivity index (χ4n) is 1.90. The van der Waals surface area contributed by atoms with E-state index in [1.807, 2.05) is 30.3 Å². The Morgan fingerprint density at radius 3 is 2.76 bits per heavy atom. The van der Waals surface area contributed by atoms with E-state index in [0.717, 1.165) is 11.6 Å². The van der Waals surface area contributed by atoms with Crippen molar-refractivity contribution in [2.45, 2.75) is 19.1 Å². The van der Waals surface area contributed by atoms with Gasteiger partial charge < -0.3 is 20.5 Å². The van der Waals surface area contributed by atoms with Crippen LogP contribution in [0.5, 0.6) is 0 Å². The zero-order valence-electron chi connectivity index (χ0n) is 11.0. The van der Waals surface area contributed by atoms with E-state index in [1.165, 1.54) is 0 Å². The number of aliphatic carboxylic acids is 1. The molecule has 1 fully saturated rings. The summed E-state index contributed by atoms with van der Waals surface area (Å²) in [5.41, 5.74) is 0.971. The number of benzene rings is 1. The highest BCUT2D eigenvalue weighted by atomic mass is 16.5. The number of hydrogen-bond acceptors (Lipinski definition) is 4. The monoisotopic (exact) mass is 290 g/mol. The minimum atomic E-state index is -1.20. The molecule has 1 aliphatic rings. The van der Waals surface area contributed by atoms with Crippen LogP contribution in [0.15, 0.2) is 42.1 Å². The summed E-state index contributed by atoms with van der Waals surface area (Å²) in [4.78, 5) is 33.6. The number of carbonyl (C=O) groups excluding carboxylic acids is 2. The molecule has 110 valence electrons. The molecule has 0 aliphatic carbocycles. The Morgan fingerprint density at radius 2 is 2.10 bits per heavy atom. The molecule has 7 nitrogen and oxygen atoms in total. The van der Waals surface area contributed by atoms with E-state index < -0.39 is 18.1 Å². The summed E-state index contributed by atoms with van der Waals surface area (Å²) in [7, 11) is 0. The second-order valence-corrected chi connectivity index (χ2v) is 4.45. The maximum atomic E-state index is 11.7. The van der Waals surface area contributed by atoms with Crippen molar-refractivity contribution in [1.29, 1.82) is 0 Å². The average Bonchev–Trinajstić information content (AvgIpc) is 2.76. The van der Waals surface area contributed by atoms with Crippen LogP contribution in [0.2, 0.25) is 0 Å². The Bertz CT molecular complexity index is 582. The van der Waals surface area contributed by atoms with Gasteiger partial charge in [-0.15, -0.1) is 0 Å². The number of amides is 2. The largest absolute Gasteiger partial charge is 0.478 e. The number of carboxylic acids is 1. The van der Waals surface area contributed by atoms with Crippen molar-refractivity contribution in [3.8, 4) is 0 Å². The molecule has 1 aliphatic heterocycles. The minimum Gasteiger partial charge on any atom is -0.478 e. The number of ether oxygens (including phenoxy) is 1. The van der Waals surface area contributed by atoms with Gasteiger partial charge in [-0.05, 0) is 5.56 Å². The van der Waals surface area contributed by atoms with Gasteiger partial charge in [0.15, 0.2) is 0 Å². The van der Waals surface area contributed by atoms with Crippen molar-refractivity contribution in [2.24, 2.45) is 0 Å². The summed E-state index contributed by atoms with van der Waals surface area (Å²) in [6.45, 7) is 0.0960. The number of carboxylic acid groups (broad SMARTS) is 1. The Balaban J connectivity index is 1.89. The molecule has 1 heterocycles. The summed E-state index contributed by atoms with van der Waals surface area (Å²) < 4.78 is 5.01. The first-order valence-corrected chi connectivity index (χ1v) is 6.26. The summed E-state index contributed by atoms with van der Waals surface area (Å²) in [6, 6.07) is 8.40. The average molecular weight is 290 g/mol. The van der Waals surface area contributed by atoms with Crippen LogP contribution >= 0.6 is 0 Å². The zero-order chi connectivity index (χ0) is 15.2. The molecule has 3 N–H and O–H groups in total. The van der Waals surface area contributed by atoms with Gasteiger partial charge in [0.2, 0.25) is 5.91 Å². The number of nitrogens with one attached hydrogen (secondary N) is 2. The predicted molar refractivity (Wildman–Crippen MR) is 72.0 cm³/mol. The summed E-state index contributed by atoms with van der Waals surface area (Å²) in [6.07, 6.45) is 0.128. The van der Waals surface area contributed by atoms with Crippen molar-refractivity contribution >= 4 is 18.0 Å². The lowest BCUT2D eigenvalue weighted by Crippen LogP contribution is -2.35. The molecule has 0 aromatic heterocycles. The summed E-state index contributed by atoms with van der Waals surface area (Å²) in [5, 5.41) is 13.5. The van der Waals surface area contributed by atoms with E-state index in [9.17, 15) is 14.4 Å². The van der Waals surface area contributed by atoms with E-state index >= 15 is 0 Å². The van der Waals surface area contributed by atoms with Crippen molar-refractivity contribution < 1.29 is 24.2 Å². The number of rotatable bonds is 4. The van der Waals surface area contributed by atoms with Gasteiger partial charge >= 0.3 is 12.1 Å². The maximum Gasteiger partial charge on any atom is 0.408 e. The van der Waals surface area contributed by atoms with Crippen LogP contribution in [0.25, 0.3) is 0 Å². The van der Waals surface area contributed by atoms with Crippen LogP contribution in [0.1, 0.15) is 12.0 Å². The molecule has 1 aromatic rings.